The number of hydrogen-bond donors (Lipinski definition) is 4. The van der Waals surface area contributed by atoms with Crippen molar-refractivity contribution in [2.24, 2.45) is 47.3 Å². The van der Waals surface area contributed by atoms with Gasteiger partial charge in [-0.2, -0.15) is 20.4 Å². The van der Waals surface area contributed by atoms with Gasteiger partial charge in [-0.15, -0.1) is 0 Å². The lowest BCUT2D eigenvalue weighted by molar-refractivity contribution is -0.142. The number of methoxy groups -OCH3 is 12. The number of nitrogens with one attached hydrogen (secondary N) is 4. The predicted molar refractivity (Wildman–Crippen MR) is 510 cm³/mol. The Morgan fingerprint density at radius 3 is 0.758 bits per heavy atom. The molecule has 8 aromatic rings. The highest BCUT2D eigenvalue weighted by atomic mass is 16.5. The fraction of sp³-hybridized carbons (Fsp3) is 0.560. The number of amides is 4. The van der Waals surface area contributed by atoms with Crippen molar-refractivity contribution in [3.05, 3.63) is 120 Å². The van der Waals surface area contributed by atoms with Crippen LogP contribution in [0.5, 0.6) is 46.0 Å². The molecule has 0 aliphatic carbocycles. The van der Waals surface area contributed by atoms with Gasteiger partial charge >= 0.3 is 23.9 Å². The van der Waals surface area contributed by atoms with E-state index in [0.29, 0.717) is 133 Å². The maximum absolute atomic E-state index is 13.2. The predicted octanol–water partition coefficient (Wildman–Crippen LogP) is 17.5. The number of nitrogens with zero attached hydrogens (tertiary/aromatic N) is 8. The van der Waals surface area contributed by atoms with Crippen LogP contribution in [0.4, 0.5) is 0 Å². The summed E-state index contributed by atoms with van der Waals surface area (Å²) in [7, 11) is 18.2. The average molecular weight is 1840 g/mol. The molecule has 6 atom stereocenters. The minimum atomic E-state index is -0.362. The zero-order valence-electron chi connectivity index (χ0n) is 83.4. The summed E-state index contributed by atoms with van der Waals surface area (Å²) in [6, 6.07) is 27.9. The molecule has 0 fully saturated rings. The van der Waals surface area contributed by atoms with Gasteiger partial charge in [-0.3, -0.25) is 57.1 Å². The van der Waals surface area contributed by atoms with Crippen LogP contribution in [0.2, 0.25) is 0 Å². The first-order valence-corrected chi connectivity index (χ1v) is 45.5. The van der Waals surface area contributed by atoms with Gasteiger partial charge in [0.05, 0.1) is 162 Å². The van der Waals surface area contributed by atoms with Crippen LogP contribution in [-0.4, -0.2) is 196 Å². The second-order valence-electron chi connectivity index (χ2n) is 35.2. The highest BCUT2D eigenvalue weighted by molar-refractivity contribution is 5.97. The first-order chi connectivity index (χ1) is 62.8. The smallest absolute Gasteiger partial charge is 0.307 e. The Labute approximate surface area is 780 Å². The van der Waals surface area contributed by atoms with Crippen molar-refractivity contribution >= 4 is 47.5 Å². The van der Waals surface area contributed by atoms with Gasteiger partial charge in [-0.1, -0.05) is 154 Å². The summed E-state index contributed by atoms with van der Waals surface area (Å²) in [6.07, 6.45) is 6.02. The molecule has 0 spiro atoms. The van der Waals surface area contributed by atoms with Gasteiger partial charge in [0.15, 0.2) is 22.8 Å². The third kappa shape index (κ3) is 32.7. The summed E-state index contributed by atoms with van der Waals surface area (Å²) < 4.78 is 71.3. The zero-order valence-corrected chi connectivity index (χ0v) is 83.4. The molecule has 0 bridgehead atoms. The fourth-order valence-electron chi connectivity index (χ4n) is 15.1. The normalized spacial score (nSPS) is 12.5. The Kier molecular flexibility index (Phi) is 46.2. The highest BCUT2D eigenvalue weighted by Gasteiger charge is 2.32. The van der Waals surface area contributed by atoms with Crippen molar-refractivity contribution < 1.29 is 95.2 Å². The van der Waals surface area contributed by atoms with E-state index in [1.165, 1.54) is 28.4 Å². The Hall–Kier alpha value is -12.1. The number of ether oxygens (including phenoxy) is 12. The van der Waals surface area contributed by atoms with Gasteiger partial charge < -0.3 is 78.1 Å². The van der Waals surface area contributed by atoms with Crippen molar-refractivity contribution in [1.29, 1.82) is 0 Å². The summed E-state index contributed by atoms with van der Waals surface area (Å²) in [5.41, 5.74) is 7.00. The molecular formula is C100H148N12O20. The Balaban J connectivity index is 0.000000311. The van der Waals surface area contributed by atoms with Crippen LogP contribution in [0.1, 0.15) is 236 Å². The molecule has 4 aromatic heterocycles. The molecule has 8 rings (SSSR count). The Morgan fingerprint density at radius 2 is 0.538 bits per heavy atom. The molecule has 4 aromatic carbocycles. The van der Waals surface area contributed by atoms with Crippen LogP contribution < -0.4 is 59.2 Å². The van der Waals surface area contributed by atoms with Crippen molar-refractivity contribution in [2.75, 3.05) is 85.3 Å². The van der Waals surface area contributed by atoms with E-state index < -0.39 is 0 Å². The molecule has 32 nitrogen and oxygen atoms in total. The second kappa shape index (κ2) is 55.3. The van der Waals surface area contributed by atoms with E-state index in [9.17, 15) is 38.4 Å². The first kappa shape index (κ1) is 110. The maximum Gasteiger partial charge on any atom is 0.307 e. The minimum Gasteiger partial charge on any atom is -0.496 e. The van der Waals surface area contributed by atoms with Crippen LogP contribution in [0, 0.1) is 47.3 Å². The molecule has 0 saturated heterocycles. The van der Waals surface area contributed by atoms with Crippen molar-refractivity contribution in [3.63, 3.8) is 0 Å². The SMILES string of the molecule is CCC(C)Cn1nc(C(=O)N[C@H](CC(=O)OC)CC(C)C)cc1-c1c(OC)cccc1OC.CCC(CC)Cn1nc(C(=O)N[C@H](CC(=O)OC)CC(C)C)cc1-c1c(OC)cccc1OC.COC(=O)C[C@H](CC(C)C)NC(=O)c1cc(-c2c(OC)cccc2OC)n(C(C)C(C)C)n1.COC(=O)C[C@H](CC(C)C)NC(=O)c1cc(-c2c(OC)cccc2OC)n(CC(C)C)n1. The molecular weight excluding hydrogens is 1690 g/mol. The Bertz CT molecular complexity index is 4890. The summed E-state index contributed by atoms with van der Waals surface area (Å²) in [5.74, 6) is 4.83. The summed E-state index contributed by atoms with van der Waals surface area (Å²) in [6.45, 7) is 37.3. The van der Waals surface area contributed by atoms with Crippen LogP contribution in [0.3, 0.4) is 0 Å². The molecule has 0 radical (unpaired) electrons. The molecule has 132 heavy (non-hydrogen) atoms. The molecule has 4 N–H and O–H groups in total. The molecule has 4 heterocycles. The quantitative estimate of drug-likeness (QED) is 0.0203. The number of hydrogen-bond acceptors (Lipinski definition) is 24. The fourth-order valence-corrected chi connectivity index (χ4v) is 15.1. The lowest BCUT2D eigenvalue weighted by Crippen LogP contribution is -2.38. The first-order valence-electron chi connectivity index (χ1n) is 45.5. The van der Waals surface area contributed by atoms with E-state index in [1.807, 2.05) is 142 Å². The second-order valence-corrected chi connectivity index (χ2v) is 35.2. The van der Waals surface area contributed by atoms with Crippen LogP contribution in [0.15, 0.2) is 97.1 Å². The van der Waals surface area contributed by atoms with E-state index in [1.54, 1.807) is 85.8 Å². The van der Waals surface area contributed by atoms with Gasteiger partial charge in [0, 0.05) is 43.8 Å². The molecule has 2 unspecified atom stereocenters. The maximum atomic E-state index is 13.2. The van der Waals surface area contributed by atoms with Crippen molar-refractivity contribution in [1.82, 2.24) is 60.4 Å². The highest BCUT2D eigenvalue weighted by Crippen LogP contribution is 2.44. The minimum absolute atomic E-state index is 0.0118. The van der Waals surface area contributed by atoms with Crippen molar-refractivity contribution in [2.45, 2.75) is 238 Å². The number of carbonyl (C=O) groups is 8. The number of esters is 4. The molecule has 0 saturated carbocycles. The zero-order chi connectivity index (χ0) is 98.3. The van der Waals surface area contributed by atoms with Gasteiger partial charge in [0.1, 0.15) is 46.0 Å². The molecule has 32 heteroatoms. The topological polar surface area (TPSA) is 367 Å². The van der Waals surface area contributed by atoms with Gasteiger partial charge in [0.2, 0.25) is 0 Å². The largest absolute Gasteiger partial charge is 0.496 e. The Morgan fingerprint density at radius 1 is 0.303 bits per heavy atom. The van der Waals surface area contributed by atoms with E-state index in [0.717, 1.165) is 64.3 Å². The third-order valence-electron chi connectivity index (χ3n) is 22.3. The average Bonchev–Trinajstić information content (AvgIpc) is 1.63. The van der Waals surface area contributed by atoms with Crippen LogP contribution in [-0.2, 0) is 57.8 Å². The molecule has 728 valence electrons. The monoisotopic (exact) mass is 1840 g/mol. The number of rotatable bonds is 47. The van der Waals surface area contributed by atoms with Crippen molar-refractivity contribution in [3.8, 4) is 91.0 Å². The standard InChI is InChI=1S/C26H39N3O5.2C25H37N3O5.C24H35N3O5/c1-8-18(9-2)16-29-21(25-22(32-5)11-10-12-23(25)33-6)15-20(28-29)26(31)27-19(13-17(3)4)14-24(30)34-7;1-15(2)12-18(13-23(29)33-8)26-25(30)19-14-20(28(27-19)17(5)16(3)4)24-21(31-6)10-9-11-22(24)32-7;1-8-17(4)15-28-20(24-21(31-5)10-9-11-22(24)32-6)14-19(27-28)25(30)26-18(12-16(2)3)13-23(29)33-7;1-15(2)11-17(12-22(28)32-7)25-24(29)18-13-19(27(26-18)14-16(3)4)23-20(30-5)9-8-10-21(23)31-6/h10-12,15,17-19H,8-9,13-14,16H2,1-7H3,(H,27,31);9-11,14-18H,12-13H2,1-8H3,(H,26,30);9-11,14,16-18H,8,12-13,15H2,1-7H3,(H,26,30);8-10,13,15-17H,11-12,14H2,1-7H3,(H,25,29)/t19-;2*17?,18-;17-/m0000/s1. The summed E-state index contributed by atoms with van der Waals surface area (Å²) in [5, 5.41) is 30.4. The molecule has 0 aliphatic rings. The lowest BCUT2D eigenvalue weighted by Gasteiger charge is -2.21. The number of carbonyl (C=O) groups excluding carboxylic acids is 8. The van der Waals surface area contributed by atoms with E-state index in [-0.39, 0.29) is 132 Å². The van der Waals surface area contributed by atoms with Crippen LogP contribution in [0.25, 0.3) is 45.0 Å². The molecule has 0 aliphatic heterocycles. The van der Waals surface area contributed by atoms with E-state index >= 15 is 0 Å². The summed E-state index contributed by atoms with van der Waals surface area (Å²) in [4.78, 5) is 100. The number of aromatic nitrogens is 8. The van der Waals surface area contributed by atoms with Gasteiger partial charge in [-0.05, 0) is 153 Å². The van der Waals surface area contributed by atoms with Crippen LogP contribution >= 0.6 is 0 Å². The number of benzene rings is 4. The van der Waals surface area contributed by atoms with Gasteiger partial charge in [-0.25, -0.2) is 0 Å². The van der Waals surface area contributed by atoms with E-state index in [4.69, 9.17) is 56.8 Å². The summed E-state index contributed by atoms with van der Waals surface area (Å²) >= 11 is 0. The lowest BCUT2D eigenvalue weighted by atomic mass is 10.0. The molecule has 4 amide bonds. The van der Waals surface area contributed by atoms with E-state index in [2.05, 4.69) is 104 Å². The third-order valence-corrected chi connectivity index (χ3v) is 22.3. The van der Waals surface area contributed by atoms with Gasteiger partial charge in [0.25, 0.3) is 23.6 Å².